The topological polar surface area (TPSA) is 75.4 Å². The molecule has 0 bridgehead atoms. The van der Waals surface area contributed by atoms with E-state index in [9.17, 15) is 9.59 Å². The minimum absolute atomic E-state index is 0.0149. The highest BCUT2D eigenvalue weighted by Crippen LogP contribution is 2.43. The van der Waals surface area contributed by atoms with Crippen molar-refractivity contribution in [2.45, 2.75) is 26.2 Å². The first-order valence-electron chi connectivity index (χ1n) is 9.73. The van der Waals surface area contributed by atoms with Gasteiger partial charge in [-0.1, -0.05) is 37.6 Å². The van der Waals surface area contributed by atoms with E-state index in [2.05, 4.69) is 17.1 Å². The minimum atomic E-state index is -0.443. The standard InChI is InChI=1S/C22H25N3O2/c1-2-3-6-16-19-17(14-7-4-5-8-15(14)21(19)26)13-18(20(16)22(23)27)25-11-9-24-10-12-25/h4-5,7-8,13,24H,2-3,6,9-12H2,1H3,(H2,23,27). The maximum absolute atomic E-state index is 13.2. The van der Waals surface area contributed by atoms with Crippen molar-refractivity contribution in [3.8, 4) is 11.1 Å². The molecule has 1 heterocycles. The van der Waals surface area contributed by atoms with Gasteiger partial charge in [0.15, 0.2) is 5.78 Å². The molecule has 1 saturated heterocycles. The Labute approximate surface area is 159 Å². The quantitative estimate of drug-likeness (QED) is 0.731. The van der Waals surface area contributed by atoms with Crippen LogP contribution in [0.15, 0.2) is 30.3 Å². The molecule has 5 nitrogen and oxygen atoms in total. The molecule has 1 aliphatic heterocycles. The number of fused-ring (bicyclic) bond motifs is 3. The number of hydrogen-bond acceptors (Lipinski definition) is 4. The third-order valence-electron chi connectivity index (χ3n) is 5.58. The van der Waals surface area contributed by atoms with Crippen LogP contribution >= 0.6 is 0 Å². The van der Waals surface area contributed by atoms with Crippen molar-refractivity contribution < 1.29 is 9.59 Å². The van der Waals surface area contributed by atoms with Crippen LogP contribution in [0.2, 0.25) is 0 Å². The van der Waals surface area contributed by atoms with Crippen molar-refractivity contribution in [1.29, 1.82) is 0 Å². The summed E-state index contributed by atoms with van der Waals surface area (Å²) in [6, 6.07) is 9.73. The number of hydrogen-bond donors (Lipinski definition) is 2. The third kappa shape index (κ3) is 2.92. The zero-order chi connectivity index (χ0) is 19.0. The summed E-state index contributed by atoms with van der Waals surface area (Å²) in [4.78, 5) is 27.9. The summed E-state index contributed by atoms with van der Waals surface area (Å²) < 4.78 is 0. The van der Waals surface area contributed by atoms with Crippen molar-refractivity contribution in [2.75, 3.05) is 31.1 Å². The number of piperazine rings is 1. The fourth-order valence-corrected chi connectivity index (χ4v) is 4.28. The largest absolute Gasteiger partial charge is 0.368 e. The van der Waals surface area contributed by atoms with Crippen LogP contribution in [0.5, 0.6) is 0 Å². The predicted molar refractivity (Wildman–Crippen MR) is 108 cm³/mol. The Morgan fingerprint density at radius 1 is 1.15 bits per heavy atom. The average molecular weight is 363 g/mol. The van der Waals surface area contributed by atoms with E-state index in [0.717, 1.165) is 67.0 Å². The van der Waals surface area contributed by atoms with E-state index in [1.54, 1.807) is 0 Å². The zero-order valence-corrected chi connectivity index (χ0v) is 15.7. The van der Waals surface area contributed by atoms with Gasteiger partial charge in [-0.2, -0.15) is 0 Å². The number of amides is 1. The molecule has 2 aromatic rings. The van der Waals surface area contributed by atoms with Gasteiger partial charge in [0, 0.05) is 37.3 Å². The fourth-order valence-electron chi connectivity index (χ4n) is 4.28. The Bertz CT molecular complexity index is 914. The normalized spacial score (nSPS) is 15.6. The van der Waals surface area contributed by atoms with Crippen molar-refractivity contribution in [3.05, 3.63) is 52.6 Å². The number of ketones is 1. The molecule has 2 aromatic carbocycles. The highest BCUT2D eigenvalue weighted by atomic mass is 16.1. The van der Waals surface area contributed by atoms with Gasteiger partial charge < -0.3 is 16.0 Å². The molecule has 1 amide bonds. The summed E-state index contributed by atoms with van der Waals surface area (Å²) in [5.41, 5.74) is 11.4. The number of carbonyl (C=O) groups is 2. The number of primary amides is 1. The molecule has 0 radical (unpaired) electrons. The molecule has 2 aliphatic rings. The number of nitrogens with one attached hydrogen (secondary N) is 1. The smallest absolute Gasteiger partial charge is 0.251 e. The summed E-state index contributed by atoms with van der Waals surface area (Å²) in [6.45, 7) is 5.49. The van der Waals surface area contributed by atoms with Crippen molar-refractivity contribution >= 4 is 17.4 Å². The van der Waals surface area contributed by atoms with Crippen LogP contribution in [0.4, 0.5) is 5.69 Å². The first-order valence-corrected chi connectivity index (χ1v) is 9.73. The highest BCUT2D eigenvalue weighted by Gasteiger charge is 2.34. The van der Waals surface area contributed by atoms with Crippen LogP contribution in [-0.4, -0.2) is 37.9 Å². The number of benzene rings is 2. The van der Waals surface area contributed by atoms with Gasteiger partial charge in [0.1, 0.15) is 0 Å². The maximum atomic E-state index is 13.2. The van der Waals surface area contributed by atoms with Gasteiger partial charge >= 0.3 is 0 Å². The number of rotatable bonds is 5. The molecule has 3 N–H and O–H groups in total. The number of unbranched alkanes of at least 4 members (excludes halogenated alkanes) is 1. The molecule has 1 aliphatic carbocycles. The monoisotopic (exact) mass is 363 g/mol. The van der Waals surface area contributed by atoms with Crippen LogP contribution in [-0.2, 0) is 6.42 Å². The van der Waals surface area contributed by atoms with E-state index in [4.69, 9.17) is 5.73 Å². The molecule has 0 unspecified atom stereocenters. The van der Waals surface area contributed by atoms with E-state index in [1.165, 1.54) is 0 Å². The molecule has 1 fully saturated rings. The van der Waals surface area contributed by atoms with Crippen LogP contribution in [0, 0.1) is 0 Å². The van der Waals surface area contributed by atoms with Crippen LogP contribution in [0.1, 0.15) is 51.6 Å². The number of carbonyl (C=O) groups excluding carboxylic acids is 2. The second-order valence-electron chi connectivity index (χ2n) is 7.25. The molecular formula is C22H25N3O2. The van der Waals surface area contributed by atoms with Gasteiger partial charge in [-0.25, -0.2) is 0 Å². The van der Waals surface area contributed by atoms with Crippen molar-refractivity contribution in [3.63, 3.8) is 0 Å². The Morgan fingerprint density at radius 3 is 2.52 bits per heavy atom. The Balaban J connectivity index is 1.98. The second kappa shape index (κ2) is 7.16. The third-order valence-corrected chi connectivity index (χ3v) is 5.58. The van der Waals surface area contributed by atoms with Crippen LogP contribution in [0.25, 0.3) is 11.1 Å². The molecule has 0 saturated carbocycles. The molecule has 5 heteroatoms. The molecular weight excluding hydrogens is 338 g/mol. The Hall–Kier alpha value is -2.66. The van der Waals surface area contributed by atoms with Crippen molar-refractivity contribution in [1.82, 2.24) is 5.32 Å². The summed E-state index contributed by atoms with van der Waals surface area (Å²) in [5, 5.41) is 3.35. The van der Waals surface area contributed by atoms with Gasteiger partial charge in [-0.15, -0.1) is 0 Å². The van der Waals surface area contributed by atoms with Gasteiger partial charge in [0.25, 0.3) is 5.91 Å². The fraction of sp³-hybridized carbons (Fsp3) is 0.364. The summed E-state index contributed by atoms with van der Waals surface area (Å²) in [5.74, 6) is -0.428. The van der Waals surface area contributed by atoms with Crippen LogP contribution in [0.3, 0.4) is 0 Å². The highest BCUT2D eigenvalue weighted by molar-refractivity contribution is 6.24. The minimum Gasteiger partial charge on any atom is -0.368 e. The lowest BCUT2D eigenvalue weighted by molar-refractivity contribution is 0.0999. The first kappa shape index (κ1) is 17.7. The van der Waals surface area contributed by atoms with E-state index in [0.29, 0.717) is 17.5 Å². The molecule has 0 aromatic heterocycles. The van der Waals surface area contributed by atoms with Gasteiger partial charge in [-0.05, 0) is 35.6 Å². The lowest BCUT2D eigenvalue weighted by Crippen LogP contribution is -2.44. The molecule has 0 atom stereocenters. The lowest BCUT2D eigenvalue weighted by Gasteiger charge is -2.32. The average Bonchev–Trinajstić information content (AvgIpc) is 2.98. The second-order valence-corrected chi connectivity index (χ2v) is 7.25. The maximum Gasteiger partial charge on any atom is 0.251 e. The van der Waals surface area contributed by atoms with E-state index in [1.807, 2.05) is 30.3 Å². The van der Waals surface area contributed by atoms with Gasteiger partial charge in [0.05, 0.1) is 11.3 Å². The van der Waals surface area contributed by atoms with E-state index in [-0.39, 0.29) is 5.78 Å². The van der Waals surface area contributed by atoms with Crippen LogP contribution < -0.4 is 16.0 Å². The number of nitrogens with two attached hydrogens (primary N) is 1. The summed E-state index contributed by atoms with van der Waals surface area (Å²) in [6.07, 6.45) is 2.60. The van der Waals surface area contributed by atoms with Crippen molar-refractivity contribution in [2.24, 2.45) is 5.73 Å². The first-order chi connectivity index (χ1) is 13.1. The predicted octanol–water partition coefficient (Wildman–Crippen LogP) is 2.75. The van der Waals surface area contributed by atoms with Gasteiger partial charge in [0.2, 0.25) is 0 Å². The Kier molecular flexibility index (Phi) is 4.70. The van der Waals surface area contributed by atoms with E-state index >= 15 is 0 Å². The molecule has 4 rings (SSSR count). The summed E-state index contributed by atoms with van der Waals surface area (Å²) >= 11 is 0. The number of anilines is 1. The lowest BCUT2D eigenvalue weighted by atomic mass is 9.89. The molecule has 0 spiro atoms. The molecule has 27 heavy (non-hydrogen) atoms. The summed E-state index contributed by atoms with van der Waals surface area (Å²) in [7, 11) is 0. The zero-order valence-electron chi connectivity index (χ0n) is 15.7. The Morgan fingerprint density at radius 2 is 1.85 bits per heavy atom. The van der Waals surface area contributed by atoms with Gasteiger partial charge in [-0.3, -0.25) is 9.59 Å². The molecule has 140 valence electrons. The SMILES string of the molecule is CCCCc1c2c(cc(N3CCNCC3)c1C(N)=O)-c1ccccc1C2=O. The van der Waals surface area contributed by atoms with E-state index < -0.39 is 5.91 Å². The number of nitrogens with zero attached hydrogens (tertiary/aromatic N) is 1.